The maximum atomic E-state index is 4.22. The number of fused-ring (bicyclic) bond motifs is 1. The molecule has 0 saturated heterocycles. The highest BCUT2D eigenvalue weighted by Gasteiger charge is 2.29. The number of benzene rings is 4. The molecule has 5 heteroatoms. The van der Waals surface area contributed by atoms with Crippen LogP contribution in [0.15, 0.2) is 115 Å². The predicted octanol–water partition coefficient (Wildman–Crippen LogP) is 8.66. The Morgan fingerprint density at radius 3 is 1.33 bits per heavy atom. The first-order valence-corrected chi connectivity index (χ1v) is 18.9. The quantitative estimate of drug-likeness (QED) is 0.190. The molecule has 0 bridgehead atoms. The fourth-order valence-electron chi connectivity index (χ4n) is 4.17. The first-order chi connectivity index (χ1) is 14.7. The Kier molecular flexibility index (Phi) is 5.99. The Bertz CT molecular complexity index is 1300. The van der Waals surface area contributed by atoms with E-state index < -0.39 is 18.7 Å². The average molecular weight is 572 g/mol. The van der Waals surface area contributed by atoms with Crippen molar-refractivity contribution in [1.82, 2.24) is 0 Å². The zero-order valence-corrected chi connectivity index (χ0v) is 21.9. The maximum Gasteiger partial charge on any atom is 0.0267 e. The molecule has 0 aliphatic heterocycles. The van der Waals surface area contributed by atoms with Gasteiger partial charge in [-0.3, -0.25) is 0 Å². The van der Waals surface area contributed by atoms with Gasteiger partial charge in [-0.05, 0) is 71.7 Å². The van der Waals surface area contributed by atoms with Gasteiger partial charge in [0.1, 0.15) is 0 Å². The van der Waals surface area contributed by atoms with Crippen LogP contribution in [0.2, 0.25) is 0 Å². The van der Waals surface area contributed by atoms with E-state index in [2.05, 4.69) is 146 Å². The summed E-state index contributed by atoms with van der Waals surface area (Å²) in [5, 5.41) is 7.12. The standard InChI is InChI=1S/C25H19Br2P3/c26-28-24-19-11-10-18-23(24)25(29(28)27)30(20-12-4-1-5-13-20,21-14-6-2-7-15-21)22-16-8-3-9-17-22/h1-19H. The van der Waals surface area contributed by atoms with Crippen molar-refractivity contribution in [2.75, 3.05) is 0 Å². The fourth-order valence-corrected chi connectivity index (χ4v) is 23.4. The molecular formula is C25H19Br2P3. The van der Waals surface area contributed by atoms with Gasteiger partial charge in [-0.25, -0.2) is 0 Å². The first-order valence-electron chi connectivity index (χ1n) is 9.69. The van der Waals surface area contributed by atoms with Crippen LogP contribution in [0, 0.1) is 4.67 Å². The number of halogens is 2. The molecule has 0 saturated carbocycles. The Balaban J connectivity index is 2.20. The minimum Gasteiger partial charge on any atom is -0.0622 e. The van der Waals surface area contributed by atoms with Gasteiger partial charge in [0.25, 0.3) is 0 Å². The summed E-state index contributed by atoms with van der Waals surface area (Å²) in [6, 6.07) is 42.4. The lowest BCUT2D eigenvalue weighted by Crippen LogP contribution is -2.25. The van der Waals surface area contributed by atoms with Gasteiger partial charge < -0.3 is 0 Å². The molecule has 148 valence electrons. The van der Waals surface area contributed by atoms with Gasteiger partial charge in [0, 0.05) is 15.2 Å². The maximum absolute atomic E-state index is 4.22. The Labute approximate surface area is 195 Å². The number of hydrogen-bond acceptors (Lipinski definition) is 0. The molecule has 1 aromatic heterocycles. The summed E-state index contributed by atoms with van der Waals surface area (Å²) in [6.45, 7) is -2.04. The van der Waals surface area contributed by atoms with Crippen LogP contribution in [0.5, 0.6) is 0 Å². The smallest absolute Gasteiger partial charge is 0.0267 e. The van der Waals surface area contributed by atoms with Crippen LogP contribution in [-0.4, -0.2) is 0 Å². The molecule has 0 aliphatic carbocycles. The van der Waals surface area contributed by atoms with Crippen LogP contribution in [0.1, 0.15) is 0 Å². The molecule has 0 nitrogen and oxygen atoms in total. The predicted molar refractivity (Wildman–Crippen MR) is 146 cm³/mol. The van der Waals surface area contributed by atoms with Crippen molar-refractivity contribution < 1.29 is 0 Å². The summed E-state index contributed by atoms with van der Waals surface area (Å²) in [5.41, 5.74) is 0. The van der Waals surface area contributed by atoms with E-state index in [0.29, 0.717) is 0 Å². The van der Waals surface area contributed by atoms with Gasteiger partial charge >= 0.3 is 0 Å². The third kappa shape index (κ3) is 3.26. The van der Waals surface area contributed by atoms with Crippen LogP contribution in [0.3, 0.4) is 0 Å². The molecular weight excluding hydrogens is 553 g/mol. The van der Waals surface area contributed by atoms with E-state index in [-0.39, 0.29) is 0 Å². The van der Waals surface area contributed by atoms with Crippen molar-refractivity contribution in [3.8, 4) is 0 Å². The van der Waals surface area contributed by atoms with Crippen LogP contribution >= 0.6 is 49.7 Å². The fraction of sp³-hybridized carbons (Fsp3) is 0. The largest absolute Gasteiger partial charge is 0.0622 e. The summed E-state index contributed by atoms with van der Waals surface area (Å²) in [7, 11) is 0. The van der Waals surface area contributed by atoms with E-state index in [1.165, 1.54) is 26.4 Å². The van der Waals surface area contributed by atoms with Crippen LogP contribution in [-0.2, 0) is 0 Å². The summed E-state index contributed by atoms with van der Waals surface area (Å²) < 4.78 is 1.58. The van der Waals surface area contributed by atoms with Crippen molar-refractivity contribution in [2.24, 2.45) is 0 Å². The molecule has 0 N–H and O–H groups in total. The zero-order valence-electron chi connectivity index (χ0n) is 16.1. The molecule has 0 spiro atoms. The van der Waals surface area contributed by atoms with Crippen molar-refractivity contribution in [1.29, 1.82) is 0 Å². The lowest BCUT2D eigenvalue weighted by atomic mass is 10.3. The van der Waals surface area contributed by atoms with Gasteiger partial charge in [-0.15, -0.1) is 0 Å². The van der Waals surface area contributed by atoms with E-state index in [1.54, 1.807) is 4.67 Å². The van der Waals surface area contributed by atoms with Crippen LogP contribution < -0.4 is 15.9 Å². The minimum atomic E-state index is -2.04. The van der Waals surface area contributed by atoms with Gasteiger partial charge in [0.05, 0.1) is 0 Å². The zero-order chi connectivity index (χ0) is 20.6. The molecule has 0 amide bonds. The van der Waals surface area contributed by atoms with E-state index in [1.807, 2.05) is 0 Å². The van der Waals surface area contributed by atoms with Crippen molar-refractivity contribution in [3.63, 3.8) is 0 Å². The molecule has 5 rings (SSSR count). The summed E-state index contributed by atoms with van der Waals surface area (Å²) in [4.78, 5) is 0. The SMILES string of the molecule is Brp1c(=P(c2ccccc2)(c2ccccc2)c2ccccc2)c2ccccc2p1Br. The topological polar surface area (TPSA) is 0 Å². The summed E-state index contributed by atoms with van der Waals surface area (Å²) in [5.74, 6) is -0.947. The van der Waals surface area contributed by atoms with Gasteiger partial charge in [-0.2, -0.15) is 0 Å². The van der Waals surface area contributed by atoms with Gasteiger partial charge in [-0.1, -0.05) is 109 Å². The summed E-state index contributed by atoms with van der Waals surface area (Å²) in [6.07, 6.45) is 0. The molecule has 0 fully saturated rings. The summed E-state index contributed by atoms with van der Waals surface area (Å²) >= 11 is 8.31. The highest BCUT2D eigenvalue weighted by Crippen LogP contribution is 2.71. The third-order valence-electron chi connectivity index (χ3n) is 5.42. The monoisotopic (exact) mass is 570 g/mol. The molecule has 5 aromatic rings. The van der Waals surface area contributed by atoms with Gasteiger partial charge in [0.2, 0.25) is 0 Å². The first kappa shape index (κ1) is 20.6. The molecule has 0 aliphatic rings. The lowest BCUT2D eigenvalue weighted by molar-refractivity contribution is 1.73. The normalized spacial score (nSPS) is 12.9. The van der Waals surface area contributed by atoms with Crippen LogP contribution in [0.25, 0.3) is 10.5 Å². The molecule has 1 heterocycles. The Morgan fingerprint density at radius 1 is 0.467 bits per heavy atom. The molecule has 2 unspecified atom stereocenters. The van der Waals surface area contributed by atoms with Gasteiger partial charge in [0.15, 0.2) is 0 Å². The van der Waals surface area contributed by atoms with Crippen molar-refractivity contribution >= 4 is 76.1 Å². The van der Waals surface area contributed by atoms with E-state index in [9.17, 15) is 0 Å². The highest BCUT2D eigenvalue weighted by atomic mass is 79.9. The van der Waals surface area contributed by atoms with Crippen LogP contribution in [0.4, 0.5) is 0 Å². The van der Waals surface area contributed by atoms with E-state index in [4.69, 9.17) is 0 Å². The Morgan fingerprint density at radius 2 is 0.867 bits per heavy atom. The van der Waals surface area contributed by atoms with Crippen molar-refractivity contribution in [2.45, 2.75) is 0 Å². The number of hydrogen-bond donors (Lipinski definition) is 0. The lowest BCUT2D eigenvalue weighted by Gasteiger charge is -2.29. The minimum absolute atomic E-state index is 0.432. The highest BCUT2D eigenvalue weighted by molar-refractivity contribution is 9.53. The second-order valence-electron chi connectivity index (χ2n) is 7.04. The average Bonchev–Trinajstić information content (AvgIpc) is 3.08. The van der Waals surface area contributed by atoms with E-state index >= 15 is 0 Å². The molecule has 4 aromatic carbocycles. The Hall–Kier alpha value is -1.26. The third-order valence-corrected chi connectivity index (χ3v) is 27.9. The molecule has 2 atom stereocenters. The van der Waals surface area contributed by atoms with Crippen molar-refractivity contribution in [3.05, 3.63) is 120 Å². The molecule has 30 heavy (non-hydrogen) atoms. The number of rotatable bonds is 3. The molecule has 0 radical (unpaired) electrons. The van der Waals surface area contributed by atoms with E-state index in [0.717, 1.165) is 0 Å². The second kappa shape index (κ2) is 8.70. The second-order valence-corrected chi connectivity index (χ2v) is 22.6.